The normalized spacial score (nSPS) is 10.1. The van der Waals surface area contributed by atoms with Gasteiger partial charge in [-0.15, -0.1) is 0 Å². The number of nitrogens with zero attached hydrogens (tertiary/aromatic N) is 1. The zero-order chi connectivity index (χ0) is 12.8. The van der Waals surface area contributed by atoms with E-state index in [1.807, 2.05) is 30.3 Å². The Kier molecular flexibility index (Phi) is 4.07. The molecule has 1 aromatic carbocycles. The zero-order valence-corrected chi connectivity index (χ0v) is 10.4. The average Bonchev–Trinajstić information content (AvgIpc) is 2.41. The fourth-order valence-corrected chi connectivity index (χ4v) is 1.75. The van der Waals surface area contributed by atoms with Crippen molar-refractivity contribution in [1.29, 1.82) is 0 Å². The van der Waals surface area contributed by atoms with Gasteiger partial charge in [-0.2, -0.15) is 0 Å². The molecule has 0 unspecified atom stereocenters. The number of anilines is 1. The number of rotatable bonds is 4. The van der Waals surface area contributed by atoms with Gasteiger partial charge < -0.3 is 5.32 Å². The summed E-state index contributed by atoms with van der Waals surface area (Å²) in [5.74, 6) is -0.106. The Morgan fingerprint density at radius 2 is 2.00 bits per heavy atom. The predicted octanol–water partition coefficient (Wildman–Crippen LogP) is 3.29. The van der Waals surface area contributed by atoms with Gasteiger partial charge in [-0.3, -0.25) is 9.78 Å². The molecule has 1 heterocycles. The third-order valence-electron chi connectivity index (χ3n) is 2.67. The Bertz CT molecular complexity index is 506. The van der Waals surface area contributed by atoms with Crippen LogP contribution in [0.25, 0.3) is 0 Å². The van der Waals surface area contributed by atoms with Gasteiger partial charge in [0.2, 0.25) is 0 Å². The van der Waals surface area contributed by atoms with Gasteiger partial charge in [0.1, 0.15) is 0 Å². The number of hydrogen-bond donors (Lipinski definition) is 1. The van der Waals surface area contributed by atoms with Gasteiger partial charge in [-0.1, -0.05) is 25.5 Å². The first kappa shape index (κ1) is 12.3. The van der Waals surface area contributed by atoms with Crippen LogP contribution in [0.5, 0.6) is 0 Å². The highest BCUT2D eigenvalue weighted by Gasteiger charge is 2.05. The molecule has 1 N–H and O–H groups in total. The molecule has 0 spiro atoms. The standard InChI is InChI=1S/C15H16N2O/c1-2-4-12-6-8-13(9-7-12)15(18)17-14-5-3-10-16-11-14/h3,5-11H,2,4H2,1H3,(H,17,18). The van der Waals surface area contributed by atoms with E-state index in [4.69, 9.17) is 0 Å². The second kappa shape index (κ2) is 5.96. The second-order valence-electron chi connectivity index (χ2n) is 4.14. The monoisotopic (exact) mass is 240 g/mol. The number of benzene rings is 1. The molecule has 1 amide bonds. The molecule has 0 atom stereocenters. The minimum absolute atomic E-state index is 0.106. The lowest BCUT2D eigenvalue weighted by atomic mass is 10.1. The van der Waals surface area contributed by atoms with Gasteiger partial charge in [0.05, 0.1) is 11.9 Å². The fraction of sp³-hybridized carbons (Fsp3) is 0.200. The first-order valence-corrected chi connectivity index (χ1v) is 6.10. The lowest BCUT2D eigenvalue weighted by molar-refractivity contribution is 0.102. The molecule has 0 saturated carbocycles. The summed E-state index contributed by atoms with van der Waals surface area (Å²) in [6.45, 7) is 2.14. The molecule has 0 aliphatic rings. The Morgan fingerprint density at radius 1 is 1.22 bits per heavy atom. The number of pyridine rings is 1. The van der Waals surface area contributed by atoms with E-state index in [9.17, 15) is 4.79 Å². The predicted molar refractivity (Wildman–Crippen MR) is 72.6 cm³/mol. The Morgan fingerprint density at radius 3 is 2.61 bits per heavy atom. The molecule has 92 valence electrons. The number of amides is 1. The topological polar surface area (TPSA) is 42.0 Å². The summed E-state index contributed by atoms with van der Waals surface area (Å²) in [6.07, 6.45) is 5.46. The lowest BCUT2D eigenvalue weighted by Crippen LogP contribution is -2.11. The summed E-state index contributed by atoms with van der Waals surface area (Å²) >= 11 is 0. The van der Waals surface area contributed by atoms with Crippen LogP contribution in [0.2, 0.25) is 0 Å². The van der Waals surface area contributed by atoms with E-state index >= 15 is 0 Å². The number of aryl methyl sites for hydroxylation is 1. The van der Waals surface area contributed by atoms with Crippen LogP contribution in [-0.4, -0.2) is 10.9 Å². The molecule has 0 fully saturated rings. The SMILES string of the molecule is CCCc1ccc(C(=O)Nc2cccnc2)cc1. The van der Waals surface area contributed by atoms with Gasteiger partial charge in [-0.25, -0.2) is 0 Å². The maximum Gasteiger partial charge on any atom is 0.255 e. The molecule has 0 bridgehead atoms. The van der Waals surface area contributed by atoms with E-state index in [0.717, 1.165) is 12.8 Å². The Balaban J connectivity index is 2.05. The number of carbonyl (C=O) groups excluding carboxylic acids is 1. The van der Waals surface area contributed by atoms with Crippen molar-refractivity contribution in [2.24, 2.45) is 0 Å². The lowest BCUT2D eigenvalue weighted by Gasteiger charge is -2.05. The number of hydrogen-bond acceptors (Lipinski definition) is 2. The van der Waals surface area contributed by atoms with E-state index in [1.165, 1.54) is 5.56 Å². The fourth-order valence-electron chi connectivity index (χ4n) is 1.75. The van der Waals surface area contributed by atoms with Crippen molar-refractivity contribution >= 4 is 11.6 Å². The minimum Gasteiger partial charge on any atom is -0.321 e. The van der Waals surface area contributed by atoms with E-state index in [1.54, 1.807) is 18.5 Å². The smallest absolute Gasteiger partial charge is 0.255 e. The van der Waals surface area contributed by atoms with Crippen LogP contribution < -0.4 is 5.32 Å². The van der Waals surface area contributed by atoms with Crippen LogP contribution in [0, 0.1) is 0 Å². The molecule has 0 aliphatic heterocycles. The molecule has 0 radical (unpaired) electrons. The number of carbonyl (C=O) groups is 1. The first-order valence-electron chi connectivity index (χ1n) is 6.10. The number of nitrogens with one attached hydrogen (secondary N) is 1. The Hall–Kier alpha value is -2.16. The third-order valence-corrected chi connectivity index (χ3v) is 2.67. The molecule has 1 aromatic heterocycles. The van der Waals surface area contributed by atoms with Crippen molar-refractivity contribution in [2.75, 3.05) is 5.32 Å². The van der Waals surface area contributed by atoms with Gasteiger partial charge in [0, 0.05) is 11.8 Å². The highest BCUT2D eigenvalue weighted by molar-refractivity contribution is 6.04. The third kappa shape index (κ3) is 3.17. The van der Waals surface area contributed by atoms with Gasteiger partial charge >= 0.3 is 0 Å². The second-order valence-corrected chi connectivity index (χ2v) is 4.14. The maximum absolute atomic E-state index is 11.9. The van der Waals surface area contributed by atoms with Gasteiger partial charge in [-0.05, 0) is 36.2 Å². The van der Waals surface area contributed by atoms with Crippen molar-refractivity contribution in [3.63, 3.8) is 0 Å². The van der Waals surface area contributed by atoms with E-state index in [-0.39, 0.29) is 5.91 Å². The summed E-state index contributed by atoms with van der Waals surface area (Å²) < 4.78 is 0. The van der Waals surface area contributed by atoms with Crippen molar-refractivity contribution < 1.29 is 4.79 Å². The molecule has 0 aliphatic carbocycles. The summed E-state index contributed by atoms with van der Waals surface area (Å²) in [5, 5.41) is 2.81. The van der Waals surface area contributed by atoms with Crippen LogP contribution in [0.3, 0.4) is 0 Å². The Labute approximate surface area is 107 Å². The van der Waals surface area contributed by atoms with Gasteiger partial charge in [0.25, 0.3) is 5.91 Å². The number of aromatic nitrogens is 1. The van der Waals surface area contributed by atoms with Crippen LogP contribution in [-0.2, 0) is 6.42 Å². The summed E-state index contributed by atoms with van der Waals surface area (Å²) in [7, 11) is 0. The van der Waals surface area contributed by atoms with Crippen LogP contribution in [0.1, 0.15) is 29.3 Å². The van der Waals surface area contributed by atoms with Gasteiger partial charge in [0.15, 0.2) is 0 Å². The maximum atomic E-state index is 11.9. The van der Waals surface area contributed by atoms with Crippen molar-refractivity contribution in [3.8, 4) is 0 Å². The zero-order valence-electron chi connectivity index (χ0n) is 10.4. The molecular weight excluding hydrogens is 224 g/mol. The molecular formula is C15H16N2O. The van der Waals surface area contributed by atoms with Crippen molar-refractivity contribution in [3.05, 3.63) is 59.9 Å². The molecule has 3 heteroatoms. The first-order chi connectivity index (χ1) is 8.79. The van der Waals surface area contributed by atoms with Crippen LogP contribution >= 0.6 is 0 Å². The van der Waals surface area contributed by atoms with E-state index in [2.05, 4.69) is 17.2 Å². The minimum atomic E-state index is -0.106. The molecule has 2 rings (SSSR count). The van der Waals surface area contributed by atoms with Crippen molar-refractivity contribution in [1.82, 2.24) is 4.98 Å². The van der Waals surface area contributed by atoms with Crippen LogP contribution in [0.4, 0.5) is 5.69 Å². The quantitative estimate of drug-likeness (QED) is 0.891. The molecule has 2 aromatic rings. The molecule has 18 heavy (non-hydrogen) atoms. The van der Waals surface area contributed by atoms with Crippen molar-refractivity contribution in [2.45, 2.75) is 19.8 Å². The highest BCUT2D eigenvalue weighted by atomic mass is 16.1. The van der Waals surface area contributed by atoms with Crippen LogP contribution in [0.15, 0.2) is 48.8 Å². The summed E-state index contributed by atoms with van der Waals surface area (Å²) in [4.78, 5) is 15.9. The molecule has 3 nitrogen and oxygen atoms in total. The van der Waals surface area contributed by atoms with E-state index < -0.39 is 0 Å². The summed E-state index contributed by atoms with van der Waals surface area (Å²) in [5.41, 5.74) is 2.63. The summed E-state index contributed by atoms with van der Waals surface area (Å²) in [6, 6.07) is 11.3. The largest absolute Gasteiger partial charge is 0.321 e. The molecule has 0 saturated heterocycles. The highest BCUT2D eigenvalue weighted by Crippen LogP contribution is 2.10. The average molecular weight is 240 g/mol. The van der Waals surface area contributed by atoms with E-state index in [0.29, 0.717) is 11.3 Å².